The molecule has 2 heterocycles. The lowest BCUT2D eigenvalue weighted by Crippen LogP contribution is -2.45. The zero-order chi connectivity index (χ0) is 28.6. The van der Waals surface area contributed by atoms with E-state index in [1.54, 1.807) is 7.11 Å². The number of ether oxygens (including phenoxy) is 1. The standard InChI is InChI=1S/C33H39N5O3/c1-41-20-8-19-38-30-13-6-5-12-29(30)36-32(38)27-11-7-18-37(23-27)31(39)21-28(34)22-35-33(40)26-16-14-25(15-17-26)24-9-3-2-4-10-24/h2-6,9-10,12-17,27-28H,7-8,11,18-23,34H2,1H3,(H,35,40)/t27-,28+/m1/s1. The molecule has 0 unspecified atom stereocenters. The van der Waals surface area contributed by atoms with Crippen molar-refractivity contribution in [1.29, 1.82) is 0 Å². The van der Waals surface area contributed by atoms with E-state index in [1.165, 1.54) is 0 Å². The number of hydrogen-bond acceptors (Lipinski definition) is 5. The lowest BCUT2D eigenvalue weighted by Gasteiger charge is -2.33. The van der Waals surface area contributed by atoms with Gasteiger partial charge in [0, 0.05) is 63.8 Å². The Hall–Kier alpha value is -4.01. The van der Waals surface area contributed by atoms with E-state index < -0.39 is 6.04 Å². The number of likely N-dealkylation sites (tertiary alicyclic amines) is 1. The fraction of sp³-hybridized carbons (Fsp3) is 0.364. The molecule has 2 atom stereocenters. The summed E-state index contributed by atoms with van der Waals surface area (Å²) in [7, 11) is 1.72. The molecule has 4 aromatic rings. The highest BCUT2D eigenvalue weighted by Gasteiger charge is 2.29. The number of para-hydroxylation sites is 2. The number of nitrogens with one attached hydrogen (secondary N) is 1. The molecule has 8 nitrogen and oxygen atoms in total. The second-order valence-corrected chi connectivity index (χ2v) is 10.8. The molecule has 3 N–H and O–H groups in total. The van der Waals surface area contributed by atoms with Crippen LogP contribution in [0.2, 0.25) is 0 Å². The van der Waals surface area contributed by atoms with Crippen molar-refractivity contribution in [2.45, 2.75) is 44.2 Å². The third-order valence-corrected chi connectivity index (χ3v) is 7.77. The van der Waals surface area contributed by atoms with Crippen molar-refractivity contribution in [2.24, 2.45) is 5.73 Å². The maximum atomic E-state index is 13.2. The van der Waals surface area contributed by atoms with Crippen molar-refractivity contribution in [3.63, 3.8) is 0 Å². The molecule has 0 aliphatic carbocycles. The zero-order valence-electron chi connectivity index (χ0n) is 23.7. The van der Waals surface area contributed by atoms with Crippen molar-refractivity contribution in [3.05, 3.63) is 90.3 Å². The van der Waals surface area contributed by atoms with Crippen LogP contribution in [-0.2, 0) is 16.1 Å². The van der Waals surface area contributed by atoms with Crippen LogP contribution in [-0.4, -0.2) is 65.7 Å². The summed E-state index contributed by atoms with van der Waals surface area (Å²) in [5.74, 6) is 1.02. The molecule has 1 aliphatic rings. The van der Waals surface area contributed by atoms with Crippen molar-refractivity contribution in [1.82, 2.24) is 19.8 Å². The lowest BCUT2D eigenvalue weighted by atomic mass is 9.96. The third-order valence-electron chi connectivity index (χ3n) is 7.77. The number of hydrogen-bond donors (Lipinski definition) is 2. The van der Waals surface area contributed by atoms with Crippen LogP contribution in [0.15, 0.2) is 78.9 Å². The molecule has 1 fully saturated rings. The van der Waals surface area contributed by atoms with E-state index in [1.807, 2.05) is 77.7 Å². The average Bonchev–Trinajstić information content (AvgIpc) is 3.39. The van der Waals surface area contributed by atoms with Gasteiger partial charge in [0.25, 0.3) is 5.91 Å². The topological polar surface area (TPSA) is 102 Å². The summed E-state index contributed by atoms with van der Waals surface area (Å²) >= 11 is 0. The van der Waals surface area contributed by atoms with E-state index in [0.29, 0.717) is 25.3 Å². The van der Waals surface area contributed by atoms with Crippen LogP contribution in [0.5, 0.6) is 0 Å². The van der Waals surface area contributed by atoms with Gasteiger partial charge in [0.2, 0.25) is 5.91 Å². The van der Waals surface area contributed by atoms with E-state index in [2.05, 4.69) is 16.0 Å². The molecular formula is C33H39N5O3. The first kappa shape index (κ1) is 28.5. The van der Waals surface area contributed by atoms with Crippen molar-refractivity contribution in [3.8, 4) is 11.1 Å². The van der Waals surface area contributed by atoms with Crippen LogP contribution in [0.25, 0.3) is 22.2 Å². The number of nitrogens with two attached hydrogens (primary N) is 1. The molecule has 0 saturated carbocycles. The fourth-order valence-electron chi connectivity index (χ4n) is 5.62. The summed E-state index contributed by atoms with van der Waals surface area (Å²) in [5.41, 5.74) is 11.1. The number of nitrogens with zero attached hydrogens (tertiary/aromatic N) is 3. The highest BCUT2D eigenvalue weighted by molar-refractivity contribution is 5.94. The average molecular weight is 554 g/mol. The van der Waals surface area contributed by atoms with Gasteiger partial charge in [0.15, 0.2) is 0 Å². The highest BCUT2D eigenvalue weighted by Crippen LogP contribution is 2.30. The molecule has 0 radical (unpaired) electrons. The first-order chi connectivity index (χ1) is 20.0. The summed E-state index contributed by atoms with van der Waals surface area (Å²) in [5, 5.41) is 2.89. The Bertz CT molecular complexity index is 1450. The molecule has 2 amide bonds. The van der Waals surface area contributed by atoms with Crippen LogP contribution >= 0.6 is 0 Å². The molecule has 3 aromatic carbocycles. The van der Waals surface area contributed by atoms with Gasteiger partial charge in [0.1, 0.15) is 5.82 Å². The van der Waals surface area contributed by atoms with Gasteiger partial charge in [-0.3, -0.25) is 9.59 Å². The van der Waals surface area contributed by atoms with Gasteiger partial charge in [-0.1, -0.05) is 54.6 Å². The Morgan fingerprint density at radius 3 is 2.54 bits per heavy atom. The minimum atomic E-state index is -0.464. The molecule has 214 valence electrons. The second-order valence-electron chi connectivity index (χ2n) is 10.8. The van der Waals surface area contributed by atoms with Crippen molar-refractivity contribution < 1.29 is 14.3 Å². The number of benzene rings is 3. The van der Waals surface area contributed by atoms with Gasteiger partial charge in [-0.25, -0.2) is 4.98 Å². The van der Waals surface area contributed by atoms with Crippen LogP contribution in [0.1, 0.15) is 47.8 Å². The largest absolute Gasteiger partial charge is 0.385 e. The number of imidazole rings is 1. The Morgan fingerprint density at radius 1 is 1.02 bits per heavy atom. The SMILES string of the molecule is COCCCn1c([C@@H]2CCCN(C(=O)C[C@H](N)CNC(=O)c3ccc(-c4ccccc4)cc3)C2)nc2ccccc21. The monoisotopic (exact) mass is 553 g/mol. The summed E-state index contributed by atoms with van der Waals surface area (Å²) in [6, 6.07) is 25.3. The van der Waals surface area contributed by atoms with Gasteiger partial charge < -0.3 is 25.3 Å². The molecule has 0 bridgehead atoms. The van der Waals surface area contributed by atoms with Crippen LogP contribution < -0.4 is 11.1 Å². The number of piperidine rings is 1. The summed E-state index contributed by atoms with van der Waals surface area (Å²) in [6.07, 6.45) is 2.99. The zero-order valence-corrected chi connectivity index (χ0v) is 23.7. The number of amides is 2. The first-order valence-corrected chi connectivity index (χ1v) is 14.4. The summed E-state index contributed by atoms with van der Waals surface area (Å²) in [6.45, 7) is 3.09. The van der Waals surface area contributed by atoms with Gasteiger partial charge in [-0.2, -0.15) is 0 Å². The fourth-order valence-corrected chi connectivity index (χ4v) is 5.62. The van der Waals surface area contributed by atoms with E-state index >= 15 is 0 Å². The lowest BCUT2D eigenvalue weighted by molar-refractivity contribution is -0.132. The first-order valence-electron chi connectivity index (χ1n) is 14.4. The van der Waals surface area contributed by atoms with Crippen molar-refractivity contribution in [2.75, 3.05) is 33.4 Å². The minimum Gasteiger partial charge on any atom is -0.385 e. The Morgan fingerprint density at radius 2 is 1.76 bits per heavy atom. The molecule has 5 rings (SSSR count). The smallest absolute Gasteiger partial charge is 0.251 e. The molecule has 1 aromatic heterocycles. The van der Waals surface area contributed by atoms with E-state index in [-0.39, 0.29) is 30.7 Å². The second kappa shape index (κ2) is 13.6. The maximum Gasteiger partial charge on any atom is 0.251 e. The van der Waals surface area contributed by atoms with Crippen LogP contribution in [0.3, 0.4) is 0 Å². The summed E-state index contributed by atoms with van der Waals surface area (Å²) < 4.78 is 7.57. The van der Waals surface area contributed by atoms with E-state index in [0.717, 1.165) is 53.8 Å². The normalized spacial score (nSPS) is 16.0. The Labute approximate surface area is 241 Å². The minimum absolute atomic E-state index is 0.0192. The van der Waals surface area contributed by atoms with Gasteiger partial charge in [0.05, 0.1) is 11.0 Å². The van der Waals surface area contributed by atoms with E-state index in [9.17, 15) is 9.59 Å². The predicted octanol–water partition coefficient (Wildman–Crippen LogP) is 4.59. The van der Waals surface area contributed by atoms with Gasteiger partial charge in [-0.05, 0) is 54.7 Å². The van der Waals surface area contributed by atoms with Crippen LogP contribution in [0, 0.1) is 0 Å². The number of methoxy groups -OCH3 is 1. The van der Waals surface area contributed by atoms with Crippen molar-refractivity contribution >= 4 is 22.8 Å². The maximum absolute atomic E-state index is 13.2. The van der Waals surface area contributed by atoms with E-state index in [4.69, 9.17) is 15.5 Å². The predicted molar refractivity (Wildman–Crippen MR) is 162 cm³/mol. The van der Waals surface area contributed by atoms with Crippen LogP contribution in [0.4, 0.5) is 0 Å². The Balaban J connectivity index is 1.15. The number of carbonyl (C=O) groups excluding carboxylic acids is 2. The molecule has 41 heavy (non-hydrogen) atoms. The highest BCUT2D eigenvalue weighted by atomic mass is 16.5. The molecule has 0 spiro atoms. The Kier molecular flexibility index (Phi) is 9.44. The molecule has 1 saturated heterocycles. The number of carbonyl (C=O) groups is 2. The molecule has 8 heteroatoms. The number of aryl methyl sites for hydroxylation is 1. The molecule has 1 aliphatic heterocycles. The quantitative estimate of drug-likeness (QED) is 0.265. The number of rotatable bonds is 11. The molecular weight excluding hydrogens is 514 g/mol. The number of aromatic nitrogens is 2. The number of fused-ring (bicyclic) bond motifs is 1. The van der Waals surface area contributed by atoms with Gasteiger partial charge >= 0.3 is 0 Å². The third kappa shape index (κ3) is 7.01. The summed E-state index contributed by atoms with van der Waals surface area (Å²) in [4.78, 5) is 32.8. The van der Waals surface area contributed by atoms with Gasteiger partial charge in [-0.15, -0.1) is 0 Å².